The first-order valence-electron chi connectivity index (χ1n) is 8.65. The predicted molar refractivity (Wildman–Crippen MR) is 121 cm³/mol. The molecule has 2 aromatic carbocycles. The third kappa shape index (κ3) is 4.11. The summed E-state index contributed by atoms with van der Waals surface area (Å²) >= 11 is 12.6. The maximum absolute atomic E-state index is 12.8. The molecule has 1 fully saturated rings. The number of hydrazine groups is 1. The molecule has 0 radical (unpaired) electrons. The van der Waals surface area contributed by atoms with Crippen LogP contribution in [0.5, 0.6) is 0 Å². The van der Waals surface area contributed by atoms with Crippen molar-refractivity contribution in [1.29, 1.82) is 0 Å². The molecule has 0 bridgehead atoms. The second kappa shape index (κ2) is 8.35. The molecule has 4 rings (SSSR count). The van der Waals surface area contributed by atoms with Crippen molar-refractivity contribution >= 4 is 63.5 Å². The van der Waals surface area contributed by atoms with Gasteiger partial charge < -0.3 is 9.52 Å². The molecule has 0 atom stereocenters. The molecule has 2 N–H and O–H groups in total. The first-order chi connectivity index (χ1) is 14.4. The normalized spacial score (nSPS) is 15.1. The maximum Gasteiger partial charge on any atom is 0.335 e. The summed E-state index contributed by atoms with van der Waals surface area (Å²) < 4.78 is 6.11. The average molecular weight is 457 g/mol. The molecule has 0 spiro atoms. The number of rotatable bonds is 5. The third-order valence-electron chi connectivity index (χ3n) is 4.18. The molecule has 150 valence electrons. The topological polar surface area (TPSA) is 82.8 Å². The van der Waals surface area contributed by atoms with E-state index < -0.39 is 5.97 Å². The molecule has 1 aliphatic rings. The lowest BCUT2D eigenvalue weighted by Crippen LogP contribution is -2.33. The monoisotopic (exact) mass is 456 g/mol. The molecule has 30 heavy (non-hydrogen) atoms. The summed E-state index contributed by atoms with van der Waals surface area (Å²) in [6.45, 7) is 0. The van der Waals surface area contributed by atoms with Gasteiger partial charge in [-0.2, -0.15) is 0 Å². The van der Waals surface area contributed by atoms with Gasteiger partial charge in [0.05, 0.1) is 21.2 Å². The van der Waals surface area contributed by atoms with Gasteiger partial charge in [-0.05, 0) is 54.7 Å². The Kier molecular flexibility index (Phi) is 5.63. The lowest BCUT2D eigenvalue weighted by Gasteiger charge is -2.17. The Balaban J connectivity index is 1.54. The number of nitrogens with one attached hydrogen (secondary N) is 1. The smallest absolute Gasteiger partial charge is 0.335 e. The van der Waals surface area contributed by atoms with E-state index in [9.17, 15) is 9.59 Å². The second-order valence-corrected chi connectivity index (χ2v) is 8.28. The van der Waals surface area contributed by atoms with E-state index in [2.05, 4.69) is 5.43 Å². The summed E-state index contributed by atoms with van der Waals surface area (Å²) in [5.74, 6) is -0.346. The van der Waals surface area contributed by atoms with E-state index in [4.69, 9.17) is 33.3 Å². The summed E-state index contributed by atoms with van der Waals surface area (Å²) in [7, 11) is 0. The molecule has 0 saturated carbocycles. The van der Waals surface area contributed by atoms with Gasteiger partial charge in [-0.1, -0.05) is 41.6 Å². The standard InChI is InChI=1S/C21H13ClN2O4S2/c22-16-7-2-1-6-15(16)17-9-8-14(28-17)11-18-19(25)24(21(29)30-18)23-13-5-3-4-12(10-13)20(26)27/h1-11,23H,(H,26,27)/b18-11+. The minimum Gasteiger partial charge on any atom is -0.478 e. The second-order valence-electron chi connectivity index (χ2n) is 6.20. The lowest BCUT2D eigenvalue weighted by atomic mass is 10.2. The Morgan fingerprint density at radius 1 is 1.17 bits per heavy atom. The summed E-state index contributed by atoms with van der Waals surface area (Å²) in [5.41, 5.74) is 4.15. The number of nitrogens with zero attached hydrogens (tertiary/aromatic N) is 1. The number of amides is 1. The van der Waals surface area contributed by atoms with Crippen molar-refractivity contribution in [2.24, 2.45) is 0 Å². The van der Waals surface area contributed by atoms with Crippen LogP contribution in [0.2, 0.25) is 5.02 Å². The molecule has 1 amide bonds. The van der Waals surface area contributed by atoms with Crippen LogP contribution in [-0.2, 0) is 4.79 Å². The summed E-state index contributed by atoms with van der Waals surface area (Å²) in [4.78, 5) is 24.3. The molecule has 9 heteroatoms. The van der Waals surface area contributed by atoms with E-state index in [1.165, 1.54) is 17.1 Å². The fraction of sp³-hybridized carbons (Fsp3) is 0. The Bertz CT molecular complexity index is 1200. The van der Waals surface area contributed by atoms with E-state index >= 15 is 0 Å². The molecule has 1 aliphatic heterocycles. The lowest BCUT2D eigenvalue weighted by molar-refractivity contribution is -0.121. The number of anilines is 1. The number of carbonyl (C=O) groups excluding carboxylic acids is 1. The molecule has 6 nitrogen and oxygen atoms in total. The van der Waals surface area contributed by atoms with E-state index in [1.807, 2.05) is 18.2 Å². The minimum atomic E-state index is -1.06. The molecule has 0 unspecified atom stereocenters. The number of carboxylic acid groups (broad SMARTS) is 1. The number of halogens is 1. The van der Waals surface area contributed by atoms with Crippen LogP contribution in [0.4, 0.5) is 5.69 Å². The number of thiocarbonyl (C=S) groups is 1. The largest absolute Gasteiger partial charge is 0.478 e. The Labute approximate surface area is 186 Å². The van der Waals surface area contributed by atoms with Crippen LogP contribution in [-0.4, -0.2) is 26.3 Å². The first-order valence-corrected chi connectivity index (χ1v) is 10.3. The molecule has 3 aromatic rings. The van der Waals surface area contributed by atoms with Gasteiger partial charge in [0.25, 0.3) is 5.91 Å². The highest BCUT2D eigenvalue weighted by molar-refractivity contribution is 8.26. The van der Waals surface area contributed by atoms with Crippen LogP contribution in [0.15, 0.2) is 70.0 Å². The zero-order chi connectivity index (χ0) is 21.3. The zero-order valence-electron chi connectivity index (χ0n) is 15.2. The highest BCUT2D eigenvalue weighted by atomic mass is 35.5. The number of hydrogen-bond donors (Lipinski definition) is 2. The maximum atomic E-state index is 12.8. The number of hydrogen-bond acceptors (Lipinski definition) is 6. The van der Waals surface area contributed by atoms with Gasteiger partial charge in [0.2, 0.25) is 0 Å². The van der Waals surface area contributed by atoms with Crippen LogP contribution in [0.3, 0.4) is 0 Å². The molecule has 1 saturated heterocycles. The SMILES string of the molecule is O=C(O)c1cccc(NN2C(=O)/C(=C\c3ccc(-c4ccccc4Cl)o3)SC2=S)c1. The third-order valence-corrected chi connectivity index (χ3v) is 5.82. The summed E-state index contributed by atoms with van der Waals surface area (Å²) in [5, 5.41) is 10.9. The molecule has 2 heterocycles. The van der Waals surface area contributed by atoms with Crippen LogP contribution in [0, 0.1) is 0 Å². The average Bonchev–Trinajstić information content (AvgIpc) is 3.29. The number of benzene rings is 2. The number of thioether (sulfide) groups is 1. The Morgan fingerprint density at radius 3 is 2.73 bits per heavy atom. The van der Waals surface area contributed by atoms with E-state index in [0.29, 0.717) is 31.5 Å². The van der Waals surface area contributed by atoms with Crippen molar-refractivity contribution < 1.29 is 19.1 Å². The van der Waals surface area contributed by atoms with Gasteiger partial charge in [-0.15, -0.1) is 0 Å². The predicted octanol–water partition coefficient (Wildman–Crippen LogP) is 5.53. The van der Waals surface area contributed by atoms with E-state index in [1.54, 1.807) is 36.4 Å². The number of furan rings is 1. The van der Waals surface area contributed by atoms with Crippen molar-refractivity contribution in [3.05, 3.63) is 81.9 Å². The number of carboxylic acids is 1. The zero-order valence-corrected chi connectivity index (χ0v) is 17.6. The Hall–Kier alpha value is -3.07. The van der Waals surface area contributed by atoms with Gasteiger partial charge in [0, 0.05) is 11.6 Å². The van der Waals surface area contributed by atoms with Gasteiger partial charge in [0.15, 0.2) is 4.32 Å². The first kappa shape index (κ1) is 20.2. The van der Waals surface area contributed by atoms with Crippen molar-refractivity contribution in [2.45, 2.75) is 0 Å². The van der Waals surface area contributed by atoms with Crippen molar-refractivity contribution in [2.75, 3.05) is 5.43 Å². The quantitative estimate of drug-likeness (QED) is 0.386. The van der Waals surface area contributed by atoms with Crippen molar-refractivity contribution in [3.63, 3.8) is 0 Å². The van der Waals surface area contributed by atoms with Gasteiger partial charge in [-0.25, -0.2) is 9.80 Å². The molecular weight excluding hydrogens is 444 g/mol. The van der Waals surface area contributed by atoms with Gasteiger partial charge >= 0.3 is 5.97 Å². The van der Waals surface area contributed by atoms with E-state index in [0.717, 1.165) is 17.3 Å². The van der Waals surface area contributed by atoms with Crippen LogP contribution in [0.1, 0.15) is 16.1 Å². The molecular formula is C21H13ClN2O4S2. The Morgan fingerprint density at radius 2 is 1.97 bits per heavy atom. The van der Waals surface area contributed by atoms with Gasteiger partial charge in [-0.3, -0.25) is 10.2 Å². The summed E-state index contributed by atoms with van der Waals surface area (Å²) in [6, 6.07) is 17.0. The number of carbonyl (C=O) groups is 2. The fourth-order valence-electron chi connectivity index (χ4n) is 2.78. The van der Waals surface area contributed by atoms with Crippen molar-refractivity contribution in [1.82, 2.24) is 5.01 Å². The highest BCUT2D eigenvalue weighted by Crippen LogP contribution is 2.35. The fourth-order valence-corrected chi connectivity index (χ4v) is 4.17. The van der Waals surface area contributed by atoms with Crippen LogP contribution < -0.4 is 5.43 Å². The van der Waals surface area contributed by atoms with Crippen LogP contribution in [0.25, 0.3) is 17.4 Å². The van der Waals surface area contributed by atoms with Crippen molar-refractivity contribution in [3.8, 4) is 11.3 Å². The number of aromatic carboxylic acids is 1. The molecule has 1 aromatic heterocycles. The minimum absolute atomic E-state index is 0.101. The van der Waals surface area contributed by atoms with E-state index in [-0.39, 0.29) is 11.5 Å². The van der Waals surface area contributed by atoms with Crippen LogP contribution >= 0.6 is 35.6 Å². The summed E-state index contributed by atoms with van der Waals surface area (Å²) in [6.07, 6.45) is 1.61. The highest BCUT2D eigenvalue weighted by Gasteiger charge is 2.33. The van der Waals surface area contributed by atoms with Gasteiger partial charge in [0.1, 0.15) is 11.5 Å². The molecule has 0 aliphatic carbocycles.